The van der Waals surface area contributed by atoms with Gasteiger partial charge in [0.2, 0.25) is 0 Å². The smallest absolute Gasteiger partial charge is 0.0497 e. The molecule has 0 radical (unpaired) electrons. The van der Waals surface area contributed by atoms with Gasteiger partial charge in [-0.15, -0.1) is 0 Å². The highest BCUT2D eigenvalue weighted by Gasteiger charge is 2.26. The minimum Gasteiger partial charge on any atom is -0.396 e. The van der Waals surface area contributed by atoms with Crippen molar-refractivity contribution >= 4 is 0 Å². The summed E-state index contributed by atoms with van der Waals surface area (Å²) in [5, 5.41) is 9.25. The zero-order valence-electron chi connectivity index (χ0n) is 9.66. The SMILES string of the molecule is CCc1c(C(C)CO)cccc1C1CC1. The summed E-state index contributed by atoms with van der Waals surface area (Å²) < 4.78 is 0. The predicted molar refractivity (Wildman–Crippen MR) is 63.3 cm³/mol. The van der Waals surface area contributed by atoms with Gasteiger partial charge >= 0.3 is 0 Å². The molecule has 1 nitrogen and oxygen atoms in total. The summed E-state index contributed by atoms with van der Waals surface area (Å²) in [5.41, 5.74) is 4.38. The number of rotatable bonds is 4. The largest absolute Gasteiger partial charge is 0.396 e. The van der Waals surface area contributed by atoms with E-state index in [1.54, 1.807) is 0 Å². The van der Waals surface area contributed by atoms with Gasteiger partial charge in [-0.05, 0) is 41.9 Å². The Bertz CT molecular complexity index is 339. The molecule has 1 aliphatic rings. The lowest BCUT2D eigenvalue weighted by Gasteiger charge is -2.17. The van der Waals surface area contributed by atoms with Crippen molar-refractivity contribution in [2.75, 3.05) is 6.61 Å². The highest BCUT2D eigenvalue weighted by Crippen LogP contribution is 2.43. The Morgan fingerprint density at radius 3 is 2.67 bits per heavy atom. The summed E-state index contributed by atoms with van der Waals surface area (Å²) in [6.07, 6.45) is 3.79. The van der Waals surface area contributed by atoms with Crippen molar-refractivity contribution in [2.45, 2.75) is 44.9 Å². The van der Waals surface area contributed by atoms with Crippen molar-refractivity contribution in [2.24, 2.45) is 0 Å². The Hall–Kier alpha value is -0.820. The lowest BCUT2D eigenvalue weighted by Crippen LogP contribution is -2.05. The molecule has 1 unspecified atom stereocenters. The molecule has 1 fully saturated rings. The molecule has 0 aliphatic heterocycles. The van der Waals surface area contributed by atoms with Crippen molar-refractivity contribution in [3.8, 4) is 0 Å². The van der Waals surface area contributed by atoms with E-state index in [0.717, 1.165) is 12.3 Å². The summed E-state index contributed by atoms with van der Waals surface area (Å²) >= 11 is 0. The maximum atomic E-state index is 9.25. The maximum absolute atomic E-state index is 9.25. The molecular weight excluding hydrogens is 184 g/mol. The van der Waals surface area contributed by atoms with Gasteiger partial charge in [0.25, 0.3) is 0 Å². The Kier molecular flexibility index (Phi) is 3.11. The summed E-state index contributed by atoms with van der Waals surface area (Å²) in [6.45, 7) is 4.57. The van der Waals surface area contributed by atoms with E-state index in [0.29, 0.717) is 0 Å². The molecule has 0 aromatic heterocycles. The van der Waals surface area contributed by atoms with Crippen molar-refractivity contribution in [3.05, 3.63) is 34.9 Å². The fraction of sp³-hybridized carbons (Fsp3) is 0.571. The Morgan fingerprint density at radius 2 is 2.13 bits per heavy atom. The molecule has 82 valence electrons. The van der Waals surface area contributed by atoms with E-state index in [1.165, 1.54) is 29.5 Å². The van der Waals surface area contributed by atoms with Crippen molar-refractivity contribution in [1.82, 2.24) is 0 Å². The fourth-order valence-corrected chi connectivity index (χ4v) is 2.37. The summed E-state index contributed by atoms with van der Waals surface area (Å²) in [4.78, 5) is 0. The van der Waals surface area contributed by atoms with Crippen molar-refractivity contribution < 1.29 is 5.11 Å². The molecule has 0 saturated heterocycles. The number of aliphatic hydroxyl groups is 1. The molecule has 1 atom stereocenters. The first-order valence-electron chi connectivity index (χ1n) is 6.00. The second-order valence-electron chi connectivity index (χ2n) is 4.63. The van der Waals surface area contributed by atoms with E-state index in [9.17, 15) is 5.11 Å². The zero-order chi connectivity index (χ0) is 10.8. The number of benzene rings is 1. The van der Waals surface area contributed by atoms with Crippen LogP contribution >= 0.6 is 0 Å². The van der Waals surface area contributed by atoms with Crippen molar-refractivity contribution in [1.29, 1.82) is 0 Å². The first-order valence-corrected chi connectivity index (χ1v) is 6.00. The summed E-state index contributed by atoms with van der Waals surface area (Å²) in [5.74, 6) is 1.09. The molecule has 0 heterocycles. The minimum absolute atomic E-state index is 0.251. The van der Waals surface area contributed by atoms with E-state index < -0.39 is 0 Å². The minimum atomic E-state index is 0.251. The average molecular weight is 204 g/mol. The maximum Gasteiger partial charge on any atom is 0.0497 e. The van der Waals surface area contributed by atoms with Crippen LogP contribution < -0.4 is 0 Å². The Labute approximate surface area is 92.1 Å². The second kappa shape index (κ2) is 4.36. The van der Waals surface area contributed by atoms with Gasteiger partial charge in [-0.3, -0.25) is 0 Å². The molecule has 15 heavy (non-hydrogen) atoms. The van der Waals surface area contributed by atoms with E-state index >= 15 is 0 Å². The Morgan fingerprint density at radius 1 is 1.40 bits per heavy atom. The van der Waals surface area contributed by atoms with Gasteiger partial charge in [0.15, 0.2) is 0 Å². The molecule has 0 amide bonds. The van der Waals surface area contributed by atoms with E-state index in [-0.39, 0.29) is 12.5 Å². The number of hydrogen-bond acceptors (Lipinski definition) is 1. The monoisotopic (exact) mass is 204 g/mol. The average Bonchev–Trinajstić information content (AvgIpc) is 3.10. The lowest BCUT2D eigenvalue weighted by atomic mass is 9.89. The summed E-state index contributed by atoms with van der Waals surface area (Å²) in [7, 11) is 0. The molecule has 0 bridgehead atoms. The molecule has 1 aromatic rings. The normalized spacial score (nSPS) is 17.8. The molecule has 1 heteroatoms. The molecular formula is C14H20O. The van der Waals surface area contributed by atoms with Gasteiger partial charge in [-0.25, -0.2) is 0 Å². The van der Waals surface area contributed by atoms with Gasteiger partial charge in [-0.2, -0.15) is 0 Å². The third-order valence-corrected chi connectivity index (χ3v) is 3.42. The third kappa shape index (κ3) is 2.07. The Balaban J connectivity index is 2.40. The molecule has 1 aliphatic carbocycles. The van der Waals surface area contributed by atoms with Crippen LogP contribution in [-0.2, 0) is 6.42 Å². The number of hydrogen-bond donors (Lipinski definition) is 1. The first-order chi connectivity index (χ1) is 7.27. The predicted octanol–water partition coefficient (Wildman–Crippen LogP) is 3.22. The zero-order valence-corrected chi connectivity index (χ0v) is 9.66. The van der Waals surface area contributed by atoms with Crippen molar-refractivity contribution in [3.63, 3.8) is 0 Å². The highest BCUT2D eigenvalue weighted by molar-refractivity contribution is 5.41. The fourth-order valence-electron chi connectivity index (χ4n) is 2.37. The van der Waals surface area contributed by atoms with Gasteiger partial charge in [0.1, 0.15) is 0 Å². The van der Waals surface area contributed by atoms with Gasteiger partial charge in [-0.1, -0.05) is 32.0 Å². The van der Waals surface area contributed by atoms with Crippen LogP contribution in [0.15, 0.2) is 18.2 Å². The molecule has 1 N–H and O–H groups in total. The second-order valence-corrected chi connectivity index (χ2v) is 4.63. The van der Waals surface area contributed by atoms with E-state index in [2.05, 4.69) is 32.0 Å². The van der Waals surface area contributed by atoms with Crippen LogP contribution in [0.4, 0.5) is 0 Å². The molecule has 1 aromatic carbocycles. The topological polar surface area (TPSA) is 20.2 Å². The van der Waals surface area contributed by atoms with Gasteiger partial charge in [0, 0.05) is 12.5 Å². The van der Waals surface area contributed by atoms with Crippen LogP contribution in [0, 0.1) is 0 Å². The van der Waals surface area contributed by atoms with Crippen LogP contribution in [0.1, 0.15) is 55.2 Å². The van der Waals surface area contributed by atoms with Gasteiger partial charge < -0.3 is 5.11 Å². The van der Waals surface area contributed by atoms with E-state index in [1.807, 2.05) is 0 Å². The van der Waals surface area contributed by atoms with Crippen LogP contribution in [0.25, 0.3) is 0 Å². The van der Waals surface area contributed by atoms with E-state index in [4.69, 9.17) is 0 Å². The summed E-state index contributed by atoms with van der Waals surface area (Å²) in [6, 6.07) is 6.59. The van der Waals surface area contributed by atoms with Crippen LogP contribution in [0.2, 0.25) is 0 Å². The number of aliphatic hydroxyl groups excluding tert-OH is 1. The molecule has 2 rings (SSSR count). The highest BCUT2D eigenvalue weighted by atomic mass is 16.3. The molecule has 0 spiro atoms. The quantitative estimate of drug-likeness (QED) is 0.798. The lowest BCUT2D eigenvalue weighted by molar-refractivity contribution is 0.272. The van der Waals surface area contributed by atoms with Crippen LogP contribution in [-0.4, -0.2) is 11.7 Å². The van der Waals surface area contributed by atoms with Gasteiger partial charge in [0.05, 0.1) is 0 Å². The van der Waals surface area contributed by atoms with Crippen LogP contribution in [0.3, 0.4) is 0 Å². The first kappa shape index (κ1) is 10.7. The third-order valence-electron chi connectivity index (χ3n) is 3.42. The standard InChI is InChI=1S/C14H20O/c1-3-12-13(10(2)9-15)5-4-6-14(12)11-7-8-11/h4-6,10-11,15H,3,7-9H2,1-2H3. The molecule has 1 saturated carbocycles. The van der Waals surface area contributed by atoms with Crippen LogP contribution in [0.5, 0.6) is 0 Å².